The lowest BCUT2D eigenvalue weighted by atomic mass is 10.3. The van der Waals surface area contributed by atoms with Crippen LogP contribution in [0.25, 0.3) is 0 Å². The van der Waals surface area contributed by atoms with Gasteiger partial charge in [-0.2, -0.15) is 0 Å². The summed E-state index contributed by atoms with van der Waals surface area (Å²) in [6.07, 6.45) is -1.97. The van der Waals surface area contributed by atoms with Gasteiger partial charge in [0.2, 0.25) is 0 Å². The summed E-state index contributed by atoms with van der Waals surface area (Å²) in [5.74, 6) is 0. The highest BCUT2D eigenvalue weighted by atomic mass is 79.9. The Morgan fingerprint density at radius 1 is 1.40 bits per heavy atom. The Bertz CT molecular complexity index is 494. The summed E-state index contributed by atoms with van der Waals surface area (Å²) in [7, 11) is 0.936. The molecule has 0 aliphatic heterocycles. The van der Waals surface area contributed by atoms with Crippen molar-refractivity contribution in [2.75, 3.05) is 0 Å². The first-order valence-electron chi connectivity index (χ1n) is 3.32. The molecule has 15 heavy (non-hydrogen) atoms. The maximum absolute atomic E-state index is 12.4. The predicted molar refractivity (Wildman–Crippen MR) is 57.6 cm³/mol. The first kappa shape index (κ1) is 13.3. The van der Waals surface area contributed by atoms with E-state index in [0.717, 1.165) is 6.20 Å². The fourth-order valence-corrected chi connectivity index (χ4v) is 4.73. The van der Waals surface area contributed by atoms with Gasteiger partial charge in [-0.3, -0.25) is 0 Å². The van der Waals surface area contributed by atoms with Gasteiger partial charge in [0.05, 0.1) is 10.0 Å². The minimum Gasteiger partial charge on any atom is -0.247 e. The number of rotatable bonds is 2. The molecule has 0 saturated heterocycles. The summed E-state index contributed by atoms with van der Waals surface area (Å²) in [5, 5.41) is 0. The molecule has 0 fully saturated rings. The van der Waals surface area contributed by atoms with Crippen LogP contribution >= 0.6 is 42.5 Å². The predicted octanol–water partition coefficient (Wildman–Crippen LogP) is 3.47. The average Bonchev–Trinajstić information content (AvgIpc) is 2.00. The van der Waals surface area contributed by atoms with E-state index in [1.54, 1.807) is 0 Å². The van der Waals surface area contributed by atoms with Crippen LogP contribution in [0.15, 0.2) is 20.2 Å². The Hall–Kier alpha value is 0.210. The van der Waals surface area contributed by atoms with Gasteiger partial charge < -0.3 is 0 Å². The fraction of sp³-hybridized carbons (Fsp3) is 0.167. The molecule has 0 unspecified atom stereocenters. The molecule has 1 aromatic rings. The highest BCUT2D eigenvalue weighted by molar-refractivity contribution is 9.11. The third-order valence-corrected chi connectivity index (χ3v) is 4.76. The molecule has 1 rings (SSSR count). The highest BCUT2D eigenvalue weighted by Crippen LogP contribution is 2.36. The van der Waals surface area contributed by atoms with Crippen LogP contribution in [0.1, 0.15) is 12.0 Å². The Balaban J connectivity index is 3.59. The molecule has 0 aliphatic carbocycles. The van der Waals surface area contributed by atoms with E-state index < -0.39 is 25.9 Å². The van der Waals surface area contributed by atoms with E-state index in [4.69, 9.17) is 10.7 Å². The van der Waals surface area contributed by atoms with Gasteiger partial charge in [-0.1, -0.05) is 0 Å². The van der Waals surface area contributed by atoms with Crippen LogP contribution in [0.2, 0.25) is 0 Å². The summed E-state index contributed by atoms with van der Waals surface area (Å²) in [6.45, 7) is 0. The van der Waals surface area contributed by atoms with Gasteiger partial charge in [-0.15, -0.1) is 0 Å². The molecule has 9 heteroatoms. The lowest BCUT2D eigenvalue weighted by molar-refractivity contribution is 0.149. The van der Waals surface area contributed by atoms with Gasteiger partial charge in [0.25, 0.3) is 15.5 Å². The van der Waals surface area contributed by atoms with Crippen LogP contribution in [0.5, 0.6) is 0 Å². The van der Waals surface area contributed by atoms with Crippen molar-refractivity contribution in [2.45, 2.75) is 11.3 Å². The maximum Gasteiger partial charge on any atom is 0.266 e. The van der Waals surface area contributed by atoms with Crippen molar-refractivity contribution in [1.82, 2.24) is 4.98 Å². The first-order chi connectivity index (χ1) is 6.75. The van der Waals surface area contributed by atoms with Crippen LogP contribution in [-0.4, -0.2) is 13.4 Å². The summed E-state index contributed by atoms with van der Waals surface area (Å²) in [4.78, 5) is 2.97. The van der Waals surface area contributed by atoms with Crippen LogP contribution in [0, 0.1) is 0 Å². The topological polar surface area (TPSA) is 47.0 Å². The third-order valence-electron chi connectivity index (χ3n) is 1.44. The Morgan fingerprint density at radius 2 is 1.93 bits per heavy atom. The van der Waals surface area contributed by atoms with Crippen LogP contribution in [-0.2, 0) is 9.05 Å². The van der Waals surface area contributed by atoms with E-state index >= 15 is 0 Å². The number of halogens is 5. The van der Waals surface area contributed by atoms with Gasteiger partial charge >= 0.3 is 0 Å². The zero-order chi connectivity index (χ0) is 11.8. The summed E-state index contributed by atoms with van der Waals surface area (Å²) in [6, 6.07) is 0. The summed E-state index contributed by atoms with van der Waals surface area (Å²) in [5.41, 5.74) is -0.530. The second-order valence-electron chi connectivity index (χ2n) is 2.39. The number of alkyl halides is 2. The largest absolute Gasteiger partial charge is 0.266 e. The second-order valence-corrected chi connectivity index (χ2v) is 6.43. The van der Waals surface area contributed by atoms with Crippen molar-refractivity contribution < 1.29 is 17.2 Å². The molecule has 0 radical (unpaired) electrons. The first-order valence-corrected chi connectivity index (χ1v) is 7.21. The van der Waals surface area contributed by atoms with Crippen molar-refractivity contribution >= 4 is 51.6 Å². The minimum absolute atomic E-state index is 0.117. The van der Waals surface area contributed by atoms with E-state index in [2.05, 4.69) is 36.8 Å². The van der Waals surface area contributed by atoms with Gasteiger partial charge in [0.15, 0.2) is 0 Å². The number of aromatic nitrogens is 1. The zero-order valence-electron chi connectivity index (χ0n) is 6.72. The molecule has 84 valence electrons. The Morgan fingerprint density at radius 3 is 2.33 bits per heavy atom. The standard InChI is InChI=1S/C6H2Br2ClF2NO2S/c7-3-2(6(10)11)1-12-5(8)4(3)15(9,13)14/h1,6H. The number of nitrogens with zero attached hydrogens (tertiary/aromatic N) is 1. The van der Waals surface area contributed by atoms with E-state index in [0.29, 0.717) is 0 Å². The summed E-state index contributed by atoms with van der Waals surface area (Å²) >= 11 is 5.57. The smallest absolute Gasteiger partial charge is 0.247 e. The monoisotopic (exact) mass is 383 g/mol. The zero-order valence-corrected chi connectivity index (χ0v) is 11.5. The van der Waals surface area contributed by atoms with Crippen molar-refractivity contribution in [1.29, 1.82) is 0 Å². The molecule has 0 amide bonds. The molecule has 1 heterocycles. The van der Waals surface area contributed by atoms with Gasteiger partial charge in [0, 0.05) is 16.9 Å². The van der Waals surface area contributed by atoms with Crippen molar-refractivity contribution in [3.05, 3.63) is 20.8 Å². The molecule has 0 atom stereocenters. The number of pyridine rings is 1. The van der Waals surface area contributed by atoms with Crippen LogP contribution in [0.4, 0.5) is 8.78 Å². The molecule has 0 spiro atoms. The number of hydrogen-bond donors (Lipinski definition) is 0. The van der Waals surface area contributed by atoms with Gasteiger partial charge in [0.1, 0.15) is 9.50 Å². The molecule has 1 aromatic heterocycles. The minimum atomic E-state index is -4.14. The van der Waals surface area contributed by atoms with E-state index in [-0.39, 0.29) is 9.08 Å². The maximum atomic E-state index is 12.4. The highest BCUT2D eigenvalue weighted by Gasteiger charge is 2.25. The lowest BCUT2D eigenvalue weighted by Gasteiger charge is -2.07. The number of hydrogen-bond acceptors (Lipinski definition) is 3. The van der Waals surface area contributed by atoms with Gasteiger partial charge in [-0.05, 0) is 31.9 Å². The lowest BCUT2D eigenvalue weighted by Crippen LogP contribution is -2.00. The molecule has 0 N–H and O–H groups in total. The molecular weight excluding hydrogens is 383 g/mol. The Kier molecular flexibility index (Phi) is 4.07. The van der Waals surface area contributed by atoms with Crippen molar-refractivity contribution in [2.24, 2.45) is 0 Å². The molecule has 0 bridgehead atoms. The molecule has 0 aromatic carbocycles. The molecular formula is C6H2Br2ClF2NO2S. The SMILES string of the molecule is O=S(=O)(Cl)c1c(Br)ncc(C(F)F)c1Br. The van der Waals surface area contributed by atoms with Crippen molar-refractivity contribution in [3.63, 3.8) is 0 Å². The fourth-order valence-electron chi connectivity index (χ4n) is 0.823. The van der Waals surface area contributed by atoms with E-state index in [1.807, 2.05) is 0 Å². The van der Waals surface area contributed by atoms with E-state index in [1.165, 1.54) is 0 Å². The molecule has 3 nitrogen and oxygen atoms in total. The van der Waals surface area contributed by atoms with Gasteiger partial charge in [-0.25, -0.2) is 22.2 Å². The quantitative estimate of drug-likeness (QED) is 0.579. The Labute approximate surface area is 106 Å². The average molecular weight is 385 g/mol. The third kappa shape index (κ3) is 2.86. The molecule has 0 saturated carbocycles. The summed E-state index contributed by atoms with van der Waals surface area (Å²) < 4.78 is 46.5. The van der Waals surface area contributed by atoms with E-state index in [9.17, 15) is 17.2 Å². The van der Waals surface area contributed by atoms with Crippen LogP contribution < -0.4 is 0 Å². The van der Waals surface area contributed by atoms with Crippen molar-refractivity contribution in [3.8, 4) is 0 Å². The second kappa shape index (κ2) is 4.60. The molecule has 0 aliphatic rings. The van der Waals surface area contributed by atoms with Crippen LogP contribution in [0.3, 0.4) is 0 Å². The normalized spacial score (nSPS) is 12.1.